The van der Waals surface area contributed by atoms with Crippen LogP contribution in [0.5, 0.6) is 0 Å². The van der Waals surface area contributed by atoms with Crippen LogP contribution in [0.1, 0.15) is 16.8 Å². The average Bonchev–Trinajstić information content (AvgIpc) is 2.50. The summed E-state index contributed by atoms with van der Waals surface area (Å²) in [5, 5.41) is 4.70. The van der Waals surface area contributed by atoms with Gasteiger partial charge in [-0.2, -0.15) is 0 Å². The van der Waals surface area contributed by atoms with Crippen molar-refractivity contribution in [1.29, 1.82) is 0 Å². The van der Waals surface area contributed by atoms with Gasteiger partial charge in [-0.3, -0.25) is 9.78 Å². The van der Waals surface area contributed by atoms with Crippen molar-refractivity contribution in [2.24, 2.45) is 0 Å². The van der Waals surface area contributed by atoms with Gasteiger partial charge in [0, 0.05) is 35.6 Å². The quantitative estimate of drug-likeness (QED) is 0.624. The molecule has 0 atom stereocenters. The number of amides is 1. The third-order valence-electron chi connectivity index (χ3n) is 2.84. The first kappa shape index (κ1) is 14.9. The normalized spacial score (nSPS) is 10.7. The fourth-order valence-corrected chi connectivity index (χ4v) is 2.08. The van der Waals surface area contributed by atoms with Crippen LogP contribution in [0.4, 0.5) is 0 Å². The Morgan fingerprint density at radius 1 is 1.30 bits per heavy atom. The van der Waals surface area contributed by atoms with Gasteiger partial charge < -0.3 is 10.1 Å². The van der Waals surface area contributed by atoms with Gasteiger partial charge in [0.2, 0.25) is 0 Å². The molecule has 20 heavy (non-hydrogen) atoms. The van der Waals surface area contributed by atoms with Gasteiger partial charge in [-0.25, -0.2) is 0 Å². The van der Waals surface area contributed by atoms with E-state index in [4.69, 9.17) is 4.74 Å². The molecular weight excluding hydrogens is 320 g/mol. The van der Waals surface area contributed by atoms with Crippen LogP contribution in [0.25, 0.3) is 10.9 Å². The molecule has 0 radical (unpaired) electrons. The molecule has 106 valence electrons. The number of hydrogen-bond donors (Lipinski definition) is 1. The molecule has 1 N–H and O–H groups in total. The number of nitrogens with zero attached hydrogens (tertiary/aromatic N) is 1. The zero-order chi connectivity index (χ0) is 14.2. The van der Waals surface area contributed by atoms with E-state index in [1.165, 1.54) is 0 Å². The van der Waals surface area contributed by atoms with Crippen LogP contribution >= 0.6 is 15.9 Å². The van der Waals surface area contributed by atoms with Crippen LogP contribution in [0.2, 0.25) is 0 Å². The second kappa shape index (κ2) is 7.97. The lowest BCUT2D eigenvalue weighted by Gasteiger charge is -2.06. The number of aromatic nitrogens is 1. The first-order chi connectivity index (χ1) is 9.81. The average molecular weight is 337 g/mol. The maximum Gasteiger partial charge on any atom is 0.251 e. The highest BCUT2D eigenvalue weighted by atomic mass is 79.9. The Hall–Kier alpha value is -1.46. The third-order valence-corrected chi connectivity index (χ3v) is 3.16. The van der Waals surface area contributed by atoms with E-state index in [1.807, 2.05) is 24.3 Å². The van der Waals surface area contributed by atoms with Crippen molar-refractivity contribution in [3.8, 4) is 0 Å². The van der Waals surface area contributed by atoms with Crippen molar-refractivity contribution in [2.75, 3.05) is 25.1 Å². The third kappa shape index (κ3) is 4.28. The summed E-state index contributed by atoms with van der Waals surface area (Å²) < 4.78 is 5.32. The summed E-state index contributed by atoms with van der Waals surface area (Å²) in [7, 11) is 0. The number of carbonyl (C=O) groups is 1. The van der Waals surface area contributed by atoms with E-state index in [2.05, 4.69) is 26.2 Å². The van der Waals surface area contributed by atoms with E-state index >= 15 is 0 Å². The molecule has 1 heterocycles. The van der Waals surface area contributed by atoms with Gasteiger partial charge in [-0.05, 0) is 30.7 Å². The largest absolute Gasteiger partial charge is 0.381 e. The van der Waals surface area contributed by atoms with Crippen LogP contribution in [-0.2, 0) is 4.74 Å². The molecule has 0 bridgehead atoms. The Bertz CT molecular complexity index is 575. The minimum Gasteiger partial charge on any atom is -0.381 e. The number of fused-ring (bicyclic) bond motifs is 1. The molecular formula is C15H17BrN2O2. The fraction of sp³-hybridized carbons (Fsp3) is 0.333. The summed E-state index contributed by atoms with van der Waals surface area (Å²) in [5.41, 5.74) is 1.55. The summed E-state index contributed by atoms with van der Waals surface area (Å²) in [5.74, 6) is -0.0590. The summed E-state index contributed by atoms with van der Waals surface area (Å²) in [6.45, 7) is 1.98. The Morgan fingerprint density at radius 2 is 2.20 bits per heavy atom. The van der Waals surface area contributed by atoms with E-state index < -0.39 is 0 Å². The second-order valence-electron chi connectivity index (χ2n) is 4.32. The number of carbonyl (C=O) groups excluding carboxylic acids is 1. The lowest BCUT2D eigenvalue weighted by Crippen LogP contribution is -2.25. The second-order valence-corrected chi connectivity index (χ2v) is 5.11. The first-order valence-corrected chi connectivity index (χ1v) is 7.70. The van der Waals surface area contributed by atoms with Crippen molar-refractivity contribution < 1.29 is 9.53 Å². The number of ether oxygens (including phenoxy) is 1. The van der Waals surface area contributed by atoms with E-state index in [0.29, 0.717) is 25.3 Å². The predicted molar refractivity (Wildman–Crippen MR) is 83.3 cm³/mol. The maximum absolute atomic E-state index is 12.0. The highest BCUT2D eigenvalue weighted by molar-refractivity contribution is 9.09. The number of hydrogen-bond acceptors (Lipinski definition) is 3. The highest BCUT2D eigenvalue weighted by Gasteiger charge is 2.05. The number of alkyl halides is 1. The van der Waals surface area contributed by atoms with Crippen LogP contribution in [0, 0.1) is 0 Å². The fourth-order valence-electron chi connectivity index (χ4n) is 1.85. The molecule has 0 fully saturated rings. The van der Waals surface area contributed by atoms with Crippen LogP contribution in [0.15, 0.2) is 36.5 Å². The number of pyridine rings is 1. The molecule has 0 saturated carbocycles. The molecule has 0 aliphatic rings. The molecule has 0 saturated heterocycles. The molecule has 0 unspecified atom stereocenters. The Labute approximate surface area is 126 Å². The molecule has 1 amide bonds. The van der Waals surface area contributed by atoms with Gasteiger partial charge in [-0.15, -0.1) is 0 Å². The van der Waals surface area contributed by atoms with Crippen molar-refractivity contribution in [3.05, 3.63) is 42.1 Å². The van der Waals surface area contributed by atoms with Crippen molar-refractivity contribution in [3.63, 3.8) is 0 Å². The zero-order valence-corrected chi connectivity index (χ0v) is 12.7. The smallest absolute Gasteiger partial charge is 0.251 e. The standard InChI is InChI=1S/C15H17BrN2O2/c16-6-10-20-9-2-8-18-15(19)13-4-5-14-12(11-13)3-1-7-17-14/h1,3-5,7,11H,2,6,8-10H2,(H,18,19). The Morgan fingerprint density at radius 3 is 3.05 bits per heavy atom. The Balaban J connectivity index is 1.84. The summed E-state index contributed by atoms with van der Waals surface area (Å²) in [6, 6.07) is 9.34. The van der Waals surface area contributed by atoms with Crippen LogP contribution < -0.4 is 5.32 Å². The summed E-state index contributed by atoms with van der Waals surface area (Å²) >= 11 is 3.29. The van der Waals surface area contributed by atoms with Gasteiger partial charge in [0.15, 0.2) is 0 Å². The van der Waals surface area contributed by atoms with Gasteiger partial charge in [-0.1, -0.05) is 22.0 Å². The first-order valence-electron chi connectivity index (χ1n) is 6.58. The van der Waals surface area contributed by atoms with E-state index in [-0.39, 0.29) is 5.91 Å². The van der Waals surface area contributed by atoms with Gasteiger partial charge in [0.25, 0.3) is 5.91 Å². The van der Waals surface area contributed by atoms with Gasteiger partial charge in [0.1, 0.15) is 0 Å². The van der Waals surface area contributed by atoms with Crippen LogP contribution in [-0.4, -0.2) is 36.0 Å². The molecule has 1 aromatic carbocycles. The van der Waals surface area contributed by atoms with Crippen LogP contribution in [0.3, 0.4) is 0 Å². The van der Waals surface area contributed by atoms with Gasteiger partial charge in [0.05, 0.1) is 12.1 Å². The minimum absolute atomic E-state index is 0.0590. The van der Waals surface area contributed by atoms with Crippen molar-refractivity contribution in [1.82, 2.24) is 10.3 Å². The minimum atomic E-state index is -0.0590. The van der Waals surface area contributed by atoms with Crippen molar-refractivity contribution in [2.45, 2.75) is 6.42 Å². The number of rotatable bonds is 7. The van der Waals surface area contributed by atoms with Crippen molar-refractivity contribution >= 4 is 32.7 Å². The monoisotopic (exact) mass is 336 g/mol. The van der Waals surface area contributed by atoms with Gasteiger partial charge >= 0.3 is 0 Å². The molecule has 2 aromatic rings. The number of benzene rings is 1. The summed E-state index contributed by atoms with van der Waals surface area (Å²) in [6.07, 6.45) is 2.56. The molecule has 0 spiro atoms. The lowest BCUT2D eigenvalue weighted by molar-refractivity contribution is 0.0945. The molecule has 2 rings (SSSR count). The molecule has 4 nitrogen and oxygen atoms in total. The van der Waals surface area contributed by atoms with E-state index in [9.17, 15) is 4.79 Å². The van der Waals surface area contributed by atoms with E-state index in [0.717, 1.165) is 22.7 Å². The maximum atomic E-state index is 12.0. The zero-order valence-electron chi connectivity index (χ0n) is 11.1. The lowest BCUT2D eigenvalue weighted by atomic mass is 10.1. The molecule has 0 aliphatic carbocycles. The number of halogens is 1. The SMILES string of the molecule is O=C(NCCCOCCBr)c1ccc2ncccc2c1. The summed E-state index contributed by atoms with van der Waals surface area (Å²) in [4.78, 5) is 16.2. The Kier molecular flexibility index (Phi) is 5.95. The molecule has 5 heteroatoms. The topological polar surface area (TPSA) is 51.2 Å². The van der Waals surface area contributed by atoms with E-state index in [1.54, 1.807) is 12.3 Å². The molecule has 0 aliphatic heterocycles. The predicted octanol–water partition coefficient (Wildman–Crippen LogP) is 2.77. The number of nitrogens with one attached hydrogen (secondary N) is 1. The molecule has 1 aromatic heterocycles. The highest BCUT2D eigenvalue weighted by Crippen LogP contribution is 2.13.